The molecule has 0 radical (unpaired) electrons. The number of rotatable bonds is 4. The molecule has 2 aliphatic rings. The minimum Gasteiger partial charge on any atom is -0.508 e. The maximum absolute atomic E-state index is 12.9. The number of aliphatic carboxylic acids is 1. The van der Waals surface area contributed by atoms with Crippen molar-refractivity contribution in [3.63, 3.8) is 0 Å². The van der Waals surface area contributed by atoms with Gasteiger partial charge in [0.1, 0.15) is 29.1 Å². The van der Waals surface area contributed by atoms with E-state index in [1.54, 1.807) is 0 Å². The predicted octanol–water partition coefficient (Wildman–Crippen LogP) is 1.84. The fraction of sp³-hybridized carbons (Fsp3) is 0.143. The molecule has 1 aromatic carbocycles. The van der Waals surface area contributed by atoms with Crippen molar-refractivity contribution in [2.24, 2.45) is 0 Å². The van der Waals surface area contributed by atoms with E-state index < -0.39 is 34.9 Å². The molecule has 0 bridgehead atoms. The zero-order valence-electron chi connectivity index (χ0n) is 15.8. The lowest BCUT2D eigenvalue weighted by Crippen LogP contribution is -2.50. The van der Waals surface area contributed by atoms with E-state index in [0.29, 0.717) is 0 Å². The van der Waals surface area contributed by atoms with Gasteiger partial charge in [0.25, 0.3) is 0 Å². The predicted molar refractivity (Wildman–Crippen MR) is 100 cm³/mol. The van der Waals surface area contributed by atoms with Crippen molar-refractivity contribution in [1.29, 1.82) is 0 Å². The van der Waals surface area contributed by atoms with Crippen LogP contribution in [0.2, 0.25) is 0 Å². The van der Waals surface area contributed by atoms with Crippen LogP contribution in [0.25, 0.3) is 0 Å². The summed E-state index contributed by atoms with van der Waals surface area (Å²) in [4.78, 5) is 48.8. The molecule has 1 aromatic rings. The first-order valence-electron chi connectivity index (χ1n) is 8.59. The molecule has 1 heterocycles. The Morgan fingerprint density at radius 3 is 2.50 bits per heavy atom. The van der Waals surface area contributed by atoms with Gasteiger partial charge in [0.05, 0.1) is 5.57 Å². The van der Waals surface area contributed by atoms with Crippen LogP contribution in [-0.4, -0.2) is 44.4 Å². The lowest BCUT2D eigenvalue weighted by molar-refractivity contribution is -0.145. The number of hydrogen-bond donors (Lipinski definition) is 3. The van der Waals surface area contributed by atoms with E-state index in [4.69, 9.17) is 14.6 Å². The van der Waals surface area contributed by atoms with Gasteiger partial charge >= 0.3 is 11.9 Å². The van der Waals surface area contributed by atoms with Crippen LogP contribution in [0.5, 0.6) is 11.5 Å². The van der Waals surface area contributed by atoms with Crippen LogP contribution in [-0.2, 0) is 23.9 Å². The van der Waals surface area contributed by atoms with Crippen LogP contribution in [0, 0.1) is 6.92 Å². The number of fused-ring (bicyclic) bond motifs is 1. The maximum Gasteiger partial charge on any atom is 0.343 e. The highest BCUT2D eigenvalue weighted by atomic mass is 16.6. The number of carbonyl (C=O) groups is 4. The molecule has 0 aromatic heterocycles. The summed E-state index contributed by atoms with van der Waals surface area (Å²) in [5.74, 6) is -4.72. The number of aryl methyl sites for hydroxylation is 1. The molecule has 0 saturated carbocycles. The Balaban J connectivity index is 1.93. The summed E-state index contributed by atoms with van der Waals surface area (Å²) < 4.78 is 10.4. The summed E-state index contributed by atoms with van der Waals surface area (Å²) in [6.07, 6.45) is 5.41. The fourth-order valence-electron chi connectivity index (χ4n) is 3.00. The van der Waals surface area contributed by atoms with Crippen molar-refractivity contribution in [2.45, 2.75) is 19.4 Å². The minimum atomic E-state index is -2.20. The summed E-state index contributed by atoms with van der Waals surface area (Å²) in [6.45, 7) is 2.56. The molecular weight excluding hydrogens is 396 g/mol. The molecular formula is C21H16O9. The smallest absolute Gasteiger partial charge is 0.343 e. The first-order chi connectivity index (χ1) is 14.0. The molecule has 30 heavy (non-hydrogen) atoms. The van der Waals surface area contributed by atoms with Crippen molar-refractivity contribution in [3.05, 3.63) is 70.7 Å². The van der Waals surface area contributed by atoms with Gasteiger partial charge in [-0.1, -0.05) is 0 Å². The summed E-state index contributed by atoms with van der Waals surface area (Å²) >= 11 is 0. The number of phenols is 2. The Bertz CT molecular complexity index is 1090. The zero-order valence-corrected chi connectivity index (χ0v) is 15.8. The number of ketones is 2. The van der Waals surface area contributed by atoms with Gasteiger partial charge in [0.2, 0.25) is 17.2 Å². The number of carbonyl (C=O) groups excluding carboxylic acids is 3. The monoisotopic (exact) mass is 412 g/mol. The van der Waals surface area contributed by atoms with E-state index in [1.807, 2.05) is 0 Å². The molecule has 1 aliphatic heterocycles. The summed E-state index contributed by atoms with van der Waals surface area (Å²) in [7, 11) is 0. The Kier molecular flexibility index (Phi) is 5.05. The first-order valence-corrected chi connectivity index (χ1v) is 8.59. The second-order valence-electron chi connectivity index (χ2n) is 6.74. The van der Waals surface area contributed by atoms with Gasteiger partial charge in [0, 0.05) is 12.1 Å². The number of Topliss-reactive ketones (excluding diaryl/α,β-unsaturated/α-hetero) is 1. The Morgan fingerprint density at radius 1 is 1.17 bits per heavy atom. The van der Waals surface area contributed by atoms with Crippen LogP contribution < -0.4 is 0 Å². The second-order valence-corrected chi connectivity index (χ2v) is 6.74. The molecule has 1 unspecified atom stereocenters. The molecule has 3 N–H and O–H groups in total. The van der Waals surface area contributed by atoms with Crippen LogP contribution in [0.4, 0.5) is 0 Å². The van der Waals surface area contributed by atoms with Gasteiger partial charge < -0.3 is 24.8 Å². The molecule has 9 nitrogen and oxygen atoms in total. The van der Waals surface area contributed by atoms with Gasteiger partial charge in [0.15, 0.2) is 0 Å². The largest absolute Gasteiger partial charge is 0.508 e. The van der Waals surface area contributed by atoms with Crippen LogP contribution >= 0.6 is 0 Å². The average Bonchev–Trinajstić information content (AvgIpc) is 2.64. The Morgan fingerprint density at radius 2 is 1.87 bits per heavy atom. The van der Waals surface area contributed by atoms with E-state index in [2.05, 4.69) is 0 Å². The van der Waals surface area contributed by atoms with E-state index in [-0.39, 0.29) is 33.8 Å². The highest BCUT2D eigenvalue weighted by Crippen LogP contribution is 2.35. The SMILES string of the molecule is Cc1cc(O)cc(O)c1C(=O)OC1(C)C(=O)C=C2C=C(/C=C/C(=O)O)OC=C2C1=O. The Labute approximate surface area is 169 Å². The van der Waals surface area contributed by atoms with Crippen molar-refractivity contribution >= 4 is 23.5 Å². The van der Waals surface area contributed by atoms with Crippen molar-refractivity contribution < 1.29 is 44.0 Å². The lowest BCUT2D eigenvalue weighted by atomic mass is 9.80. The number of allylic oxidation sites excluding steroid dienone is 3. The molecule has 0 saturated heterocycles. The number of aromatic hydroxyl groups is 2. The molecule has 9 heteroatoms. The van der Waals surface area contributed by atoms with E-state index in [0.717, 1.165) is 37.5 Å². The van der Waals surface area contributed by atoms with E-state index in [9.17, 15) is 29.4 Å². The summed E-state index contributed by atoms with van der Waals surface area (Å²) in [5.41, 5.74) is -2.16. The van der Waals surface area contributed by atoms with Gasteiger partial charge in [-0.3, -0.25) is 9.59 Å². The topological polar surface area (TPSA) is 147 Å². The standard InChI is InChI=1S/C21H16O9/c1-10-5-12(22)8-15(23)18(10)20(28)30-21(2)16(24)7-11-6-13(3-4-17(25)26)29-9-14(11)19(21)27/h3-9,22-23H,1-2H3,(H,25,26)/b4-3+. The number of carboxylic acid groups (broad SMARTS) is 1. The van der Waals surface area contributed by atoms with Gasteiger partial charge in [-0.15, -0.1) is 0 Å². The van der Waals surface area contributed by atoms with Crippen LogP contribution in [0.1, 0.15) is 22.8 Å². The number of esters is 1. The number of hydrogen-bond acceptors (Lipinski definition) is 8. The lowest BCUT2D eigenvalue weighted by Gasteiger charge is -2.31. The molecule has 0 amide bonds. The Hall–Kier alpha value is -4.14. The number of benzene rings is 1. The van der Waals surface area contributed by atoms with Gasteiger partial charge in [-0.05, 0) is 49.3 Å². The molecule has 1 atom stereocenters. The molecule has 1 aliphatic carbocycles. The maximum atomic E-state index is 12.9. The normalized spacial score (nSPS) is 20.7. The minimum absolute atomic E-state index is 0.0379. The molecule has 0 fully saturated rings. The van der Waals surface area contributed by atoms with Gasteiger partial charge in [-0.2, -0.15) is 0 Å². The number of ether oxygens (including phenoxy) is 2. The highest BCUT2D eigenvalue weighted by molar-refractivity contribution is 6.26. The third-order valence-corrected chi connectivity index (χ3v) is 4.55. The zero-order chi connectivity index (χ0) is 22.2. The first kappa shape index (κ1) is 20.6. The quantitative estimate of drug-likeness (QED) is 0.383. The van der Waals surface area contributed by atoms with Crippen LogP contribution in [0.3, 0.4) is 0 Å². The third-order valence-electron chi connectivity index (χ3n) is 4.55. The van der Waals surface area contributed by atoms with Crippen molar-refractivity contribution in [3.8, 4) is 11.5 Å². The van der Waals surface area contributed by atoms with E-state index in [1.165, 1.54) is 19.1 Å². The number of phenolic OH excluding ortho intramolecular Hbond substituents is 2. The second kappa shape index (κ2) is 7.36. The third kappa shape index (κ3) is 3.60. The average molecular weight is 412 g/mol. The van der Waals surface area contributed by atoms with Crippen molar-refractivity contribution in [2.75, 3.05) is 0 Å². The summed E-state index contributed by atoms with van der Waals surface area (Å²) in [5, 5.41) is 28.1. The molecule has 154 valence electrons. The fourth-order valence-corrected chi connectivity index (χ4v) is 3.00. The van der Waals surface area contributed by atoms with Gasteiger partial charge in [-0.25, -0.2) is 9.59 Å². The number of carboxylic acids is 1. The van der Waals surface area contributed by atoms with Crippen molar-refractivity contribution in [1.82, 2.24) is 0 Å². The molecule has 3 rings (SSSR count). The van der Waals surface area contributed by atoms with E-state index >= 15 is 0 Å². The highest BCUT2D eigenvalue weighted by Gasteiger charge is 2.49. The molecule has 0 spiro atoms. The van der Waals surface area contributed by atoms with Crippen LogP contribution in [0.15, 0.2) is 59.6 Å². The summed E-state index contributed by atoms with van der Waals surface area (Å²) in [6, 6.07) is 2.15.